The summed E-state index contributed by atoms with van der Waals surface area (Å²) in [6.07, 6.45) is 0. The van der Waals surface area contributed by atoms with E-state index in [1.165, 1.54) is 12.1 Å². The molecule has 2 aromatic rings. The van der Waals surface area contributed by atoms with Gasteiger partial charge in [0.2, 0.25) is 0 Å². The number of nitrogens with two attached hydrogens (primary N) is 1. The van der Waals surface area contributed by atoms with Gasteiger partial charge in [0.1, 0.15) is 10.6 Å². The van der Waals surface area contributed by atoms with Gasteiger partial charge in [-0.15, -0.1) is 0 Å². The van der Waals surface area contributed by atoms with Crippen LogP contribution in [0.2, 0.25) is 0 Å². The second-order valence-electron chi connectivity index (χ2n) is 4.10. The fraction of sp³-hybridized carbons (Fsp3) is 0.0769. The second kappa shape index (κ2) is 5.90. The van der Waals surface area contributed by atoms with E-state index < -0.39 is 15.0 Å². The first-order valence-electron chi connectivity index (χ1n) is 5.83. The molecule has 0 saturated heterocycles. The van der Waals surface area contributed by atoms with Crippen LogP contribution in [0, 0.1) is 0 Å². The molecule has 2 rings (SSSR count). The van der Waals surface area contributed by atoms with E-state index in [4.69, 9.17) is 15.0 Å². The van der Waals surface area contributed by atoms with Crippen molar-refractivity contribution < 1.29 is 17.7 Å². The van der Waals surface area contributed by atoms with E-state index in [9.17, 15) is 8.42 Å². The van der Waals surface area contributed by atoms with Crippen LogP contribution in [0.15, 0.2) is 57.6 Å². The van der Waals surface area contributed by atoms with Gasteiger partial charge in [-0.05, 0) is 42.5 Å². The second-order valence-corrected chi connectivity index (χ2v) is 5.49. The first kappa shape index (κ1) is 14.9. The molecule has 0 unspecified atom stereocenters. The summed E-state index contributed by atoms with van der Waals surface area (Å²) in [4.78, 5) is -0.395. The van der Waals surface area contributed by atoms with Crippen LogP contribution in [0.1, 0.15) is 0 Å². The van der Waals surface area contributed by atoms with Gasteiger partial charge < -0.3 is 10.5 Å². The highest BCUT2D eigenvalue weighted by atomic mass is 32.2. The molecule has 21 heavy (non-hydrogen) atoms. The Morgan fingerprint density at radius 3 is 2.19 bits per heavy atom. The minimum atomic E-state index is -4.39. The molecule has 3 N–H and O–H groups in total. The van der Waals surface area contributed by atoms with Crippen LogP contribution in [-0.2, 0) is 10.1 Å². The highest BCUT2D eigenvalue weighted by molar-refractivity contribution is 7.86. The molecule has 2 aromatic carbocycles. The number of benzene rings is 2. The number of methoxy groups -OCH3 is 1. The molecule has 110 valence electrons. The lowest BCUT2D eigenvalue weighted by Crippen LogP contribution is -2.02. The Morgan fingerprint density at radius 1 is 1.05 bits per heavy atom. The fourth-order valence-electron chi connectivity index (χ4n) is 1.57. The molecule has 0 spiro atoms. The van der Waals surface area contributed by atoms with Crippen LogP contribution in [-0.4, -0.2) is 20.1 Å². The minimum Gasteiger partial charge on any atom is -0.497 e. The quantitative estimate of drug-likeness (QED) is 0.512. The molecule has 7 nitrogen and oxygen atoms in total. The van der Waals surface area contributed by atoms with Gasteiger partial charge >= 0.3 is 0 Å². The van der Waals surface area contributed by atoms with Crippen molar-refractivity contribution in [2.24, 2.45) is 10.2 Å². The maximum atomic E-state index is 11.1. The van der Waals surface area contributed by atoms with E-state index in [1.807, 2.05) is 0 Å². The molecule has 0 bridgehead atoms. The van der Waals surface area contributed by atoms with Gasteiger partial charge in [-0.2, -0.15) is 18.6 Å². The van der Waals surface area contributed by atoms with Crippen LogP contribution < -0.4 is 10.5 Å². The Bertz CT molecular complexity index is 771. The van der Waals surface area contributed by atoms with Crippen molar-refractivity contribution >= 4 is 27.2 Å². The summed E-state index contributed by atoms with van der Waals surface area (Å²) < 4.78 is 36.3. The van der Waals surface area contributed by atoms with Crippen molar-refractivity contribution in [2.75, 3.05) is 12.8 Å². The predicted octanol–water partition coefficient (Wildman–Crippen LogP) is 2.94. The summed E-state index contributed by atoms with van der Waals surface area (Å²) in [5.41, 5.74) is 6.26. The zero-order valence-electron chi connectivity index (χ0n) is 11.1. The van der Waals surface area contributed by atoms with Crippen LogP contribution >= 0.6 is 0 Å². The SMILES string of the molecule is COc1ccc(/N=N/c2ccc(N)c(S(=O)(=O)O)c2)cc1. The molecular formula is C13H13N3O4S. The molecule has 0 aromatic heterocycles. The van der Waals surface area contributed by atoms with E-state index in [0.29, 0.717) is 11.4 Å². The maximum absolute atomic E-state index is 11.1. The summed E-state index contributed by atoms with van der Waals surface area (Å²) in [6, 6.07) is 10.8. The topological polar surface area (TPSA) is 114 Å². The Balaban J connectivity index is 2.28. The average molecular weight is 307 g/mol. The first-order chi connectivity index (χ1) is 9.90. The monoisotopic (exact) mass is 307 g/mol. The van der Waals surface area contributed by atoms with Gasteiger partial charge in [0.05, 0.1) is 24.2 Å². The van der Waals surface area contributed by atoms with E-state index in [0.717, 1.165) is 6.07 Å². The molecule has 0 aliphatic carbocycles. The summed E-state index contributed by atoms with van der Waals surface area (Å²) in [7, 11) is -2.83. The summed E-state index contributed by atoms with van der Waals surface area (Å²) in [5.74, 6) is 0.690. The lowest BCUT2D eigenvalue weighted by Gasteiger charge is -2.02. The summed E-state index contributed by atoms with van der Waals surface area (Å²) in [6.45, 7) is 0. The number of nitrogens with zero attached hydrogens (tertiary/aromatic N) is 2. The number of nitrogen functional groups attached to an aromatic ring is 1. The molecule has 0 aliphatic rings. The van der Waals surface area contributed by atoms with Gasteiger partial charge in [0.25, 0.3) is 10.1 Å². The molecule has 0 heterocycles. The van der Waals surface area contributed by atoms with Crippen LogP contribution in [0.5, 0.6) is 5.75 Å². The van der Waals surface area contributed by atoms with Crippen LogP contribution in [0.3, 0.4) is 0 Å². The largest absolute Gasteiger partial charge is 0.497 e. The van der Waals surface area contributed by atoms with Gasteiger partial charge in [-0.1, -0.05) is 0 Å². The van der Waals surface area contributed by atoms with Gasteiger partial charge in [0.15, 0.2) is 0 Å². The van der Waals surface area contributed by atoms with Crippen molar-refractivity contribution in [1.82, 2.24) is 0 Å². The Hall–Kier alpha value is -2.45. The van der Waals surface area contributed by atoms with Gasteiger partial charge in [-0.3, -0.25) is 4.55 Å². The first-order valence-corrected chi connectivity index (χ1v) is 7.27. The third kappa shape index (κ3) is 3.77. The van der Waals surface area contributed by atoms with E-state index in [2.05, 4.69) is 10.2 Å². The smallest absolute Gasteiger partial charge is 0.296 e. The predicted molar refractivity (Wildman–Crippen MR) is 77.8 cm³/mol. The zero-order valence-corrected chi connectivity index (χ0v) is 11.9. The summed E-state index contributed by atoms with van der Waals surface area (Å²) in [5, 5.41) is 7.86. The highest BCUT2D eigenvalue weighted by Crippen LogP contribution is 2.26. The lowest BCUT2D eigenvalue weighted by atomic mass is 10.3. The van der Waals surface area contributed by atoms with Crippen molar-refractivity contribution in [3.05, 3.63) is 42.5 Å². The Morgan fingerprint density at radius 2 is 1.62 bits per heavy atom. The molecule has 0 atom stereocenters. The van der Waals surface area contributed by atoms with E-state index in [-0.39, 0.29) is 11.4 Å². The van der Waals surface area contributed by atoms with E-state index in [1.54, 1.807) is 31.4 Å². The molecular weight excluding hydrogens is 294 g/mol. The number of hydrogen-bond acceptors (Lipinski definition) is 6. The number of anilines is 1. The number of ether oxygens (including phenoxy) is 1. The average Bonchev–Trinajstić information content (AvgIpc) is 2.45. The minimum absolute atomic E-state index is 0.0547. The van der Waals surface area contributed by atoms with E-state index >= 15 is 0 Å². The van der Waals surface area contributed by atoms with Crippen LogP contribution in [0.25, 0.3) is 0 Å². The fourth-order valence-corrected chi connectivity index (χ4v) is 2.21. The molecule has 0 fully saturated rings. The number of rotatable bonds is 4. The number of azo groups is 1. The molecule has 0 aliphatic heterocycles. The third-order valence-corrected chi connectivity index (χ3v) is 3.54. The lowest BCUT2D eigenvalue weighted by molar-refractivity contribution is 0.415. The molecule has 0 radical (unpaired) electrons. The maximum Gasteiger partial charge on any atom is 0.296 e. The Kier molecular flexibility index (Phi) is 4.20. The van der Waals surface area contributed by atoms with Crippen molar-refractivity contribution in [1.29, 1.82) is 0 Å². The molecule has 0 saturated carbocycles. The third-order valence-electron chi connectivity index (χ3n) is 2.63. The van der Waals surface area contributed by atoms with Crippen LogP contribution in [0.4, 0.5) is 17.1 Å². The Labute approximate surface area is 121 Å². The molecule has 8 heteroatoms. The normalized spacial score (nSPS) is 11.7. The van der Waals surface area contributed by atoms with Crippen molar-refractivity contribution in [3.8, 4) is 5.75 Å². The van der Waals surface area contributed by atoms with Gasteiger partial charge in [-0.25, -0.2) is 0 Å². The number of hydrogen-bond donors (Lipinski definition) is 2. The van der Waals surface area contributed by atoms with Crippen molar-refractivity contribution in [2.45, 2.75) is 4.90 Å². The molecule has 0 amide bonds. The van der Waals surface area contributed by atoms with Crippen molar-refractivity contribution in [3.63, 3.8) is 0 Å². The summed E-state index contributed by atoms with van der Waals surface area (Å²) >= 11 is 0. The standard InChI is InChI=1S/C13H13N3O4S/c1-20-11-5-2-9(3-6-11)15-16-10-4-7-12(14)13(8-10)21(17,18)19/h2-8H,14H2,1H3,(H,17,18,19)/b16-15+. The highest BCUT2D eigenvalue weighted by Gasteiger charge is 2.14. The van der Waals surface area contributed by atoms with Gasteiger partial charge in [0, 0.05) is 0 Å². The zero-order chi connectivity index (χ0) is 15.5.